The molecule has 48 heavy (non-hydrogen) atoms. The summed E-state index contributed by atoms with van der Waals surface area (Å²) in [7, 11) is 0. The van der Waals surface area contributed by atoms with E-state index in [0.717, 1.165) is 50.1 Å². The van der Waals surface area contributed by atoms with Crippen LogP contribution in [-0.2, 0) is 33.5 Å². The van der Waals surface area contributed by atoms with Gasteiger partial charge in [-0.25, -0.2) is 4.79 Å². The van der Waals surface area contributed by atoms with Gasteiger partial charge in [-0.15, -0.1) is 5.06 Å². The first kappa shape index (κ1) is 34.9. The van der Waals surface area contributed by atoms with Crippen LogP contribution >= 0.6 is 0 Å². The minimum Gasteiger partial charge on any atom is -0.394 e. The van der Waals surface area contributed by atoms with Crippen LogP contribution in [0.2, 0.25) is 0 Å². The first-order valence-electron chi connectivity index (χ1n) is 14.9. The predicted octanol–water partition coefficient (Wildman–Crippen LogP) is 6.00. The number of H-pyrrole nitrogens is 2. The van der Waals surface area contributed by atoms with Gasteiger partial charge in [-0.2, -0.15) is 5.06 Å². The molecule has 12 heteroatoms. The monoisotopic (exact) mass is 652 g/mol. The molecule has 0 saturated heterocycles. The Balaban J connectivity index is 0.000000183. The van der Waals surface area contributed by atoms with Crippen molar-refractivity contribution in [2.24, 2.45) is 0 Å². The molecule has 2 aromatic carbocycles. The molecule has 0 unspecified atom stereocenters. The number of amides is 2. The number of nitrogens with zero attached hydrogens (tertiary/aromatic N) is 2. The lowest BCUT2D eigenvalue weighted by atomic mass is 10.1. The van der Waals surface area contributed by atoms with Gasteiger partial charge in [0.15, 0.2) is 0 Å². The van der Waals surface area contributed by atoms with Gasteiger partial charge in [0.25, 0.3) is 11.8 Å². The van der Waals surface area contributed by atoms with E-state index in [4.69, 9.17) is 4.84 Å². The van der Waals surface area contributed by atoms with Crippen molar-refractivity contribution >= 4 is 64.4 Å². The Morgan fingerprint density at radius 1 is 0.667 bits per heavy atom. The van der Waals surface area contributed by atoms with Crippen molar-refractivity contribution in [3.8, 4) is 0 Å². The lowest BCUT2D eigenvalue weighted by molar-refractivity contribution is -0.156. The molecular weight excluding hydrogens is 616 g/mol. The number of aromatic nitrogens is 2. The van der Waals surface area contributed by atoms with Gasteiger partial charge in [-0.1, -0.05) is 36.4 Å². The van der Waals surface area contributed by atoms with Gasteiger partial charge < -0.3 is 19.5 Å². The maximum Gasteiger partial charge on any atom is 0.330 e. The highest BCUT2D eigenvalue weighted by Crippen LogP contribution is 2.38. The molecule has 248 valence electrons. The highest BCUT2D eigenvalue weighted by Gasteiger charge is 2.35. The van der Waals surface area contributed by atoms with Crippen LogP contribution < -0.4 is 10.1 Å². The Bertz CT molecular complexity index is 1970. The van der Waals surface area contributed by atoms with E-state index in [2.05, 4.69) is 14.7 Å². The second kappa shape index (κ2) is 14.6. The van der Waals surface area contributed by atoms with Gasteiger partial charge in [0.2, 0.25) is 0 Å². The summed E-state index contributed by atoms with van der Waals surface area (Å²) >= 11 is 0. The molecule has 0 spiro atoms. The van der Waals surface area contributed by atoms with Gasteiger partial charge in [0.05, 0.1) is 22.5 Å². The average molecular weight is 653 g/mol. The van der Waals surface area contributed by atoms with Crippen molar-refractivity contribution < 1.29 is 38.8 Å². The molecule has 0 radical (unpaired) electrons. The minimum atomic E-state index is -0.562. The molecule has 2 aromatic heterocycles. The molecule has 2 aliphatic rings. The number of anilines is 2. The van der Waals surface area contributed by atoms with Crippen molar-refractivity contribution in [3.63, 3.8) is 0 Å². The third kappa shape index (κ3) is 7.85. The topological polar surface area (TPSA) is 162 Å². The summed E-state index contributed by atoms with van der Waals surface area (Å²) < 4.78 is 3.97. The summed E-state index contributed by atoms with van der Waals surface area (Å²) in [6.07, 6.45) is 3.59. The number of fused-ring (bicyclic) bond motifs is 2. The Hall–Kier alpha value is -6.01. The van der Waals surface area contributed by atoms with E-state index < -0.39 is 23.8 Å². The van der Waals surface area contributed by atoms with Crippen molar-refractivity contribution in [2.45, 2.75) is 48.5 Å². The normalized spacial score (nSPS) is 14.6. The number of hydrogen-bond acceptors (Lipinski definition) is 8. The number of carbonyl (C=O) groups is 5. The third-order valence-electron chi connectivity index (χ3n) is 7.14. The number of carbonyl (C=O) groups excluding carboxylic acids is 5. The number of aromatic amines is 2. The van der Waals surface area contributed by atoms with Crippen LogP contribution in [0.5, 0.6) is 0 Å². The van der Waals surface area contributed by atoms with E-state index in [1.165, 1.54) is 20.8 Å². The molecule has 2 amide bonds. The second-order valence-corrected chi connectivity index (χ2v) is 11.1. The van der Waals surface area contributed by atoms with Crippen molar-refractivity contribution in [2.75, 3.05) is 10.1 Å². The van der Waals surface area contributed by atoms with Gasteiger partial charge in [0, 0.05) is 54.7 Å². The van der Waals surface area contributed by atoms with Crippen LogP contribution in [0.1, 0.15) is 65.8 Å². The van der Waals surface area contributed by atoms with E-state index in [0.29, 0.717) is 27.6 Å². The van der Waals surface area contributed by atoms with E-state index in [1.54, 1.807) is 36.4 Å². The zero-order valence-electron chi connectivity index (χ0n) is 27.6. The smallest absolute Gasteiger partial charge is 0.330 e. The molecule has 2 aliphatic heterocycles. The molecule has 4 aromatic rings. The summed E-state index contributed by atoms with van der Waals surface area (Å²) in [5.41, 5.74) is 9.59. The number of nitrogens with one attached hydrogen (secondary N) is 2. The van der Waals surface area contributed by atoms with Crippen LogP contribution in [0, 0.1) is 27.7 Å². The van der Waals surface area contributed by atoms with Crippen molar-refractivity contribution in [1.29, 1.82) is 0 Å². The Kier molecular flexibility index (Phi) is 10.6. The van der Waals surface area contributed by atoms with Crippen LogP contribution in [0.15, 0.2) is 60.7 Å². The molecule has 12 nitrogen and oxygen atoms in total. The van der Waals surface area contributed by atoms with E-state index in [9.17, 15) is 29.2 Å². The Labute approximate surface area is 277 Å². The molecule has 3 N–H and O–H groups in total. The Morgan fingerprint density at radius 3 is 1.52 bits per heavy atom. The number of rotatable bonds is 3. The molecule has 4 heterocycles. The largest absolute Gasteiger partial charge is 0.394 e. The van der Waals surface area contributed by atoms with Crippen molar-refractivity contribution in [1.82, 2.24) is 9.97 Å². The predicted molar refractivity (Wildman–Crippen MR) is 180 cm³/mol. The summed E-state index contributed by atoms with van der Waals surface area (Å²) in [5.74, 6) is -2.40. The van der Waals surface area contributed by atoms with Crippen molar-refractivity contribution in [3.05, 3.63) is 106 Å². The number of ether oxygens (including phenoxy) is 1. The zero-order chi connectivity index (χ0) is 35.3. The lowest BCUT2D eigenvalue weighted by Gasteiger charge is -2.14. The number of benzene rings is 2. The third-order valence-corrected chi connectivity index (χ3v) is 7.14. The summed E-state index contributed by atoms with van der Waals surface area (Å²) in [5, 5.41) is 11.6. The summed E-state index contributed by atoms with van der Waals surface area (Å²) in [4.78, 5) is 67.0. The lowest BCUT2D eigenvalue weighted by Crippen LogP contribution is -2.28. The molecule has 6 rings (SSSR count). The number of aryl methyl sites for hydroxylation is 4. The number of esters is 2. The van der Waals surface area contributed by atoms with Gasteiger partial charge in [0.1, 0.15) is 0 Å². The highest BCUT2D eigenvalue weighted by atomic mass is 16.7. The molecule has 0 aliphatic carbocycles. The Morgan fingerprint density at radius 2 is 1.10 bits per heavy atom. The summed E-state index contributed by atoms with van der Waals surface area (Å²) in [6, 6.07) is 18.5. The SMILES string of the molecule is CC(=O)OC(C)=O.CC(=O)ON1C(=O)/C(=C\c2[nH]c(C)cc2C)c2ccccc21.Cc1cc(C)c(/C=C2\C(=O)N(O)c3ccccc32)[nH]1. The summed E-state index contributed by atoms with van der Waals surface area (Å²) in [6.45, 7) is 11.5. The molecular formula is C36H36N4O8. The van der Waals surface area contributed by atoms with E-state index >= 15 is 0 Å². The van der Waals surface area contributed by atoms with E-state index in [-0.39, 0.29) is 5.91 Å². The maximum absolute atomic E-state index is 12.6. The van der Waals surface area contributed by atoms with Gasteiger partial charge >= 0.3 is 17.9 Å². The molecule has 0 atom stereocenters. The number of hydrogen-bond donors (Lipinski definition) is 3. The second-order valence-electron chi connectivity index (χ2n) is 11.1. The average Bonchev–Trinajstić information content (AvgIpc) is 3.67. The van der Waals surface area contributed by atoms with Crippen LogP contribution in [0.4, 0.5) is 11.4 Å². The van der Waals surface area contributed by atoms with Crippen LogP contribution in [0.3, 0.4) is 0 Å². The van der Waals surface area contributed by atoms with Gasteiger partial charge in [-0.3, -0.25) is 24.4 Å². The van der Waals surface area contributed by atoms with Gasteiger partial charge in [-0.05, 0) is 75.2 Å². The standard InChI is InChI=1S/C17H16N2O3.C15H14N2O2.C4H6O3/c1-10-8-11(2)18-15(10)9-14-13-6-4-5-7-16(13)19(17(14)21)22-12(3)20;1-9-7-10(2)16-13(9)8-12-11-5-3-4-6-14(11)17(19)15(12)18;1-3(5)7-4(2)6/h4-9,18H,1-3H3;3-8,16,19H,1-2H3;1-2H3/b14-9-;12-8-;. The van der Waals surface area contributed by atoms with Crippen LogP contribution in [-0.4, -0.2) is 44.9 Å². The first-order chi connectivity index (χ1) is 22.7. The number of para-hydroxylation sites is 2. The molecule has 0 saturated carbocycles. The number of hydroxylamine groups is 2. The fourth-order valence-electron chi connectivity index (χ4n) is 5.23. The molecule has 0 bridgehead atoms. The fraction of sp³-hybridized carbons (Fsp3) is 0.194. The quantitative estimate of drug-likeness (QED) is 0.105. The zero-order valence-corrected chi connectivity index (χ0v) is 27.6. The highest BCUT2D eigenvalue weighted by molar-refractivity contribution is 6.35. The fourth-order valence-corrected chi connectivity index (χ4v) is 5.23. The maximum atomic E-state index is 12.6. The minimum absolute atomic E-state index is 0.344. The van der Waals surface area contributed by atoms with Crippen LogP contribution in [0.25, 0.3) is 23.3 Å². The molecule has 0 fully saturated rings. The van der Waals surface area contributed by atoms with E-state index in [1.807, 2.05) is 64.1 Å². The first-order valence-corrected chi connectivity index (χ1v) is 14.9.